The van der Waals surface area contributed by atoms with E-state index in [0.29, 0.717) is 16.6 Å². The second-order valence-electron chi connectivity index (χ2n) is 4.17. The summed E-state index contributed by atoms with van der Waals surface area (Å²) < 4.78 is 13.5. The molecule has 0 bridgehead atoms. The third kappa shape index (κ3) is 2.74. The summed E-state index contributed by atoms with van der Waals surface area (Å²) in [6.45, 7) is 1.67. The third-order valence-electron chi connectivity index (χ3n) is 2.86. The summed E-state index contributed by atoms with van der Waals surface area (Å²) >= 11 is 9.15. The molecular formula is C12H11BrClFN2O2. The summed E-state index contributed by atoms with van der Waals surface area (Å²) in [7, 11) is 0. The van der Waals surface area contributed by atoms with E-state index in [4.69, 9.17) is 11.6 Å². The van der Waals surface area contributed by atoms with E-state index in [1.165, 1.54) is 11.0 Å². The van der Waals surface area contributed by atoms with Crippen LogP contribution < -0.4 is 10.2 Å². The molecule has 1 aliphatic rings. The summed E-state index contributed by atoms with van der Waals surface area (Å²) in [5.74, 6) is -1.03. The zero-order valence-corrected chi connectivity index (χ0v) is 12.4. The minimum Gasteiger partial charge on any atom is -0.343 e. The van der Waals surface area contributed by atoms with Crippen LogP contribution in [0.5, 0.6) is 0 Å². The fourth-order valence-electron chi connectivity index (χ4n) is 1.97. The molecule has 1 N–H and O–H groups in total. The zero-order valence-electron chi connectivity index (χ0n) is 10.0. The van der Waals surface area contributed by atoms with Crippen LogP contribution in [0.25, 0.3) is 0 Å². The van der Waals surface area contributed by atoms with Gasteiger partial charge in [-0.1, -0.05) is 18.5 Å². The molecule has 0 radical (unpaired) electrons. The average Bonchev–Trinajstić information content (AvgIpc) is 2.31. The van der Waals surface area contributed by atoms with E-state index in [-0.39, 0.29) is 23.4 Å². The van der Waals surface area contributed by atoms with Crippen molar-refractivity contribution in [2.45, 2.75) is 19.4 Å². The van der Waals surface area contributed by atoms with Gasteiger partial charge in [-0.2, -0.15) is 0 Å². The number of benzene rings is 1. The topological polar surface area (TPSA) is 49.4 Å². The molecule has 2 amide bonds. The van der Waals surface area contributed by atoms with Gasteiger partial charge < -0.3 is 5.32 Å². The first kappa shape index (κ1) is 14.3. The van der Waals surface area contributed by atoms with Gasteiger partial charge in [0.05, 0.1) is 10.7 Å². The molecule has 0 aromatic heterocycles. The van der Waals surface area contributed by atoms with Crippen molar-refractivity contribution in [3.05, 3.63) is 27.4 Å². The van der Waals surface area contributed by atoms with Crippen LogP contribution in [0.3, 0.4) is 0 Å². The fourth-order valence-corrected chi connectivity index (χ4v) is 3.04. The monoisotopic (exact) mass is 348 g/mol. The number of hydrogen-bond donors (Lipinski definition) is 1. The second kappa shape index (κ2) is 5.46. The molecule has 1 unspecified atom stereocenters. The van der Waals surface area contributed by atoms with Crippen LogP contribution in [0.2, 0.25) is 5.02 Å². The Morgan fingerprint density at radius 3 is 2.79 bits per heavy atom. The first-order chi connectivity index (χ1) is 8.93. The van der Waals surface area contributed by atoms with E-state index in [0.717, 1.165) is 6.07 Å². The van der Waals surface area contributed by atoms with Gasteiger partial charge in [0.1, 0.15) is 18.4 Å². The normalized spacial score (nSPS) is 19.6. The number of amides is 2. The molecule has 2 rings (SSSR count). The minimum absolute atomic E-state index is 0.0878. The maximum atomic E-state index is 13.2. The number of nitrogens with zero attached hydrogens (tertiary/aromatic N) is 1. The Kier molecular flexibility index (Phi) is 4.10. The lowest BCUT2D eigenvalue weighted by Gasteiger charge is -2.33. The average molecular weight is 350 g/mol. The van der Waals surface area contributed by atoms with Crippen LogP contribution in [0.4, 0.5) is 10.1 Å². The van der Waals surface area contributed by atoms with Crippen LogP contribution in [0.1, 0.15) is 13.3 Å². The Hall–Kier alpha value is -1.14. The number of hydrogen-bond acceptors (Lipinski definition) is 2. The highest BCUT2D eigenvalue weighted by atomic mass is 79.9. The molecule has 1 aromatic rings. The van der Waals surface area contributed by atoms with E-state index < -0.39 is 11.9 Å². The summed E-state index contributed by atoms with van der Waals surface area (Å²) in [6, 6.07) is 1.75. The van der Waals surface area contributed by atoms with Gasteiger partial charge in [-0.15, -0.1) is 0 Å². The number of anilines is 1. The Bertz CT molecular complexity index is 530. The SMILES string of the molecule is CCC1NC(=O)CN(c2c(Cl)cc(F)cc2Br)C1=O. The van der Waals surface area contributed by atoms with E-state index in [2.05, 4.69) is 21.2 Å². The first-order valence-electron chi connectivity index (χ1n) is 5.69. The summed E-state index contributed by atoms with van der Waals surface area (Å²) in [5, 5.41) is 2.69. The summed E-state index contributed by atoms with van der Waals surface area (Å²) in [6.07, 6.45) is 0.484. The third-order valence-corrected chi connectivity index (χ3v) is 3.75. The number of nitrogens with one attached hydrogen (secondary N) is 1. The molecule has 1 saturated heterocycles. The predicted octanol–water partition coefficient (Wildman–Crippen LogP) is 2.48. The molecule has 1 fully saturated rings. The number of carbonyl (C=O) groups is 2. The van der Waals surface area contributed by atoms with E-state index in [1.54, 1.807) is 6.92 Å². The van der Waals surface area contributed by atoms with Gasteiger partial charge >= 0.3 is 0 Å². The van der Waals surface area contributed by atoms with Crippen LogP contribution in [0.15, 0.2) is 16.6 Å². The molecule has 0 spiro atoms. The van der Waals surface area contributed by atoms with Gasteiger partial charge in [0.2, 0.25) is 11.8 Å². The molecule has 19 heavy (non-hydrogen) atoms. The van der Waals surface area contributed by atoms with Crippen LogP contribution >= 0.6 is 27.5 Å². The van der Waals surface area contributed by atoms with Crippen LogP contribution in [-0.2, 0) is 9.59 Å². The van der Waals surface area contributed by atoms with Gasteiger partial charge in [-0.25, -0.2) is 4.39 Å². The smallest absolute Gasteiger partial charge is 0.250 e. The summed E-state index contributed by atoms with van der Waals surface area (Å²) in [4.78, 5) is 25.1. The number of halogens is 3. The highest BCUT2D eigenvalue weighted by Crippen LogP contribution is 2.36. The van der Waals surface area contributed by atoms with Crippen molar-refractivity contribution in [3.8, 4) is 0 Å². The molecule has 7 heteroatoms. The molecule has 1 aliphatic heterocycles. The lowest BCUT2D eigenvalue weighted by atomic mass is 10.1. The minimum atomic E-state index is -0.575. The van der Waals surface area contributed by atoms with E-state index in [9.17, 15) is 14.0 Å². The van der Waals surface area contributed by atoms with Crippen molar-refractivity contribution in [1.29, 1.82) is 0 Å². The van der Waals surface area contributed by atoms with E-state index in [1.807, 2.05) is 0 Å². The second-order valence-corrected chi connectivity index (χ2v) is 5.43. The number of piperazine rings is 1. The fraction of sp³-hybridized carbons (Fsp3) is 0.333. The Labute approximate surface area is 123 Å². The molecule has 1 aromatic carbocycles. The zero-order chi connectivity index (χ0) is 14.2. The van der Waals surface area contributed by atoms with Crippen molar-refractivity contribution in [3.63, 3.8) is 0 Å². The highest BCUT2D eigenvalue weighted by Gasteiger charge is 2.34. The number of carbonyl (C=O) groups excluding carboxylic acids is 2. The molecule has 1 atom stereocenters. The van der Waals surface area contributed by atoms with Gasteiger partial charge in [-0.05, 0) is 34.5 Å². The molecular weight excluding hydrogens is 338 g/mol. The van der Waals surface area contributed by atoms with E-state index >= 15 is 0 Å². The highest BCUT2D eigenvalue weighted by molar-refractivity contribution is 9.10. The first-order valence-corrected chi connectivity index (χ1v) is 6.86. The standard InChI is InChI=1S/C12H11BrClFN2O2/c1-2-9-12(19)17(5-10(18)16-9)11-7(13)3-6(15)4-8(11)14/h3-4,9H,2,5H2,1H3,(H,16,18). The maximum Gasteiger partial charge on any atom is 0.250 e. The Balaban J connectivity index is 2.45. The lowest BCUT2D eigenvalue weighted by molar-refractivity contribution is -0.131. The van der Waals surface area contributed by atoms with Gasteiger partial charge in [0, 0.05) is 4.47 Å². The van der Waals surface area contributed by atoms with Crippen molar-refractivity contribution in [2.75, 3.05) is 11.4 Å². The predicted molar refractivity (Wildman–Crippen MR) is 73.7 cm³/mol. The molecule has 0 saturated carbocycles. The Morgan fingerprint density at radius 1 is 1.53 bits per heavy atom. The molecule has 4 nitrogen and oxygen atoms in total. The van der Waals surface area contributed by atoms with Crippen LogP contribution in [-0.4, -0.2) is 24.4 Å². The summed E-state index contributed by atoms with van der Waals surface area (Å²) in [5.41, 5.74) is 0.321. The Morgan fingerprint density at radius 2 is 2.21 bits per heavy atom. The number of rotatable bonds is 2. The lowest BCUT2D eigenvalue weighted by Crippen LogP contribution is -2.58. The molecule has 1 heterocycles. The quantitative estimate of drug-likeness (QED) is 0.892. The maximum absolute atomic E-state index is 13.2. The van der Waals surface area contributed by atoms with Crippen molar-refractivity contribution >= 4 is 45.0 Å². The van der Waals surface area contributed by atoms with Crippen molar-refractivity contribution in [2.24, 2.45) is 0 Å². The molecule has 102 valence electrons. The van der Waals surface area contributed by atoms with Gasteiger partial charge in [0.25, 0.3) is 0 Å². The largest absolute Gasteiger partial charge is 0.343 e. The van der Waals surface area contributed by atoms with Crippen molar-refractivity contribution in [1.82, 2.24) is 5.32 Å². The van der Waals surface area contributed by atoms with Gasteiger partial charge in [-0.3, -0.25) is 14.5 Å². The van der Waals surface area contributed by atoms with Gasteiger partial charge in [0.15, 0.2) is 0 Å². The molecule has 0 aliphatic carbocycles. The van der Waals surface area contributed by atoms with Crippen LogP contribution in [0, 0.1) is 5.82 Å². The van der Waals surface area contributed by atoms with Crippen molar-refractivity contribution < 1.29 is 14.0 Å².